The number of nitrogens with zero attached hydrogens (tertiary/aromatic N) is 2. The van der Waals surface area contributed by atoms with Gasteiger partial charge in [-0.1, -0.05) is 0 Å². The Morgan fingerprint density at radius 2 is 1.71 bits per heavy atom. The van der Waals surface area contributed by atoms with E-state index in [1.165, 1.54) is 0 Å². The van der Waals surface area contributed by atoms with E-state index in [9.17, 15) is 19.2 Å². The van der Waals surface area contributed by atoms with Crippen LogP contribution >= 0.6 is 0 Å². The summed E-state index contributed by atoms with van der Waals surface area (Å²) in [6.07, 6.45) is -0.755. The molecule has 2 heterocycles. The SMILES string of the molecule is CC(C)(C)OC(=O)N1[C@H](C(=O)ON2C(=O)CCC2=O)COC1(C)C. The number of ether oxygens (including phenoxy) is 2. The average Bonchev–Trinajstić information content (AvgIpc) is 2.90. The lowest BCUT2D eigenvalue weighted by atomic mass is 10.2. The highest BCUT2D eigenvalue weighted by Crippen LogP contribution is 2.30. The average molecular weight is 342 g/mol. The van der Waals surface area contributed by atoms with Crippen LogP contribution in [0.4, 0.5) is 4.79 Å². The zero-order valence-corrected chi connectivity index (χ0v) is 14.5. The number of carbonyl (C=O) groups is 4. The molecule has 0 saturated carbocycles. The van der Waals surface area contributed by atoms with Crippen molar-refractivity contribution in [3.8, 4) is 0 Å². The molecule has 0 unspecified atom stereocenters. The van der Waals surface area contributed by atoms with E-state index in [0.717, 1.165) is 4.90 Å². The van der Waals surface area contributed by atoms with E-state index in [2.05, 4.69) is 0 Å². The van der Waals surface area contributed by atoms with Gasteiger partial charge in [-0.05, 0) is 34.6 Å². The summed E-state index contributed by atoms with van der Waals surface area (Å²) in [5, 5.41) is 0.445. The third-order valence-corrected chi connectivity index (χ3v) is 3.54. The Hall–Kier alpha value is -2.16. The normalized spacial score (nSPS) is 23.6. The van der Waals surface area contributed by atoms with Gasteiger partial charge in [-0.3, -0.25) is 14.5 Å². The van der Waals surface area contributed by atoms with Gasteiger partial charge in [-0.2, -0.15) is 0 Å². The van der Waals surface area contributed by atoms with Crippen LogP contribution in [0.2, 0.25) is 0 Å². The van der Waals surface area contributed by atoms with Crippen LogP contribution in [0.15, 0.2) is 0 Å². The fourth-order valence-electron chi connectivity index (χ4n) is 2.44. The minimum Gasteiger partial charge on any atom is -0.444 e. The van der Waals surface area contributed by atoms with Crippen LogP contribution in [0.1, 0.15) is 47.5 Å². The maximum Gasteiger partial charge on any atom is 0.413 e. The molecule has 0 N–H and O–H groups in total. The van der Waals surface area contributed by atoms with Crippen molar-refractivity contribution in [2.24, 2.45) is 0 Å². The first-order valence-electron chi connectivity index (χ1n) is 7.66. The molecule has 2 rings (SSSR count). The monoisotopic (exact) mass is 342 g/mol. The number of rotatable bonds is 2. The molecule has 3 amide bonds. The topological polar surface area (TPSA) is 102 Å². The van der Waals surface area contributed by atoms with Gasteiger partial charge in [0, 0.05) is 12.8 Å². The molecule has 0 aromatic heterocycles. The second-order valence-electron chi connectivity index (χ2n) is 7.12. The Bertz CT molecular complexity index is 563. The molecule has 0 radical (unpaired) electrons. The highest BCUT2D eigenvalue weighted by atomic mass is 16.7. The second kappa shape index (κ2) is 6.04. The van der Waals surface area contributed by atoms with Crippen LogP contribution in [0.25, 0.3) is 0 Å². The van der Waals surface area contributed by atoms with Gasteiger partial charge in [0.05, 0.1) is 6.61 Å². The van der Waals surface area contributed by atoms with E-state index in [1.54, 1.807) is 34.6 Å². The first-order chi connectivity index (χ1) is 10.9. The van der Waals surface area contributed by atoms with E-state index < -0.39 is 41.2 Å². The van der Waals surface area contributed by atoms with E-state index >= 15 is 0 Å². The predicted molar refractivity (Wildman–Crippen MR) is 79.1 cm³/mol. The maximum atomic E-state index is 12.4. The fraction of sp³-hybridized carbons (Fsp3) is 0.733. The Morgan fingerprint density at radius 3 is 2.21 bits per heavy atom. The molecule has 9 nitrogen and oxygen atoms in total. The Kier molecular flexibility index (Phi) is 4.58. The van der Waals surface area contributed by atoms with Gasteiger partial charge >= 0.3 is 12.1 Å². The van der Waals surface area contributed by atoms with Gasteiger partial charge < -0.3 is 14.3 Å². The molecule has 2 aliphatic rings. The number of imide groups is 1. The lowest BCUT2D eigenvalue weighted by molar-refractivity contribution is -0.200. The zero-order valence-electron chi connectivity index (χ0n) is 14.5. The van der Waals surface area contributed by atoms with Crippen molar-refractivity contribution < 1.29 is 33.5 Å². The van der Waals surface area contributed by atoms with Gasteiger partial charge in [-0.25, -0.2) is 9.59 Å². The number of amides is 3. The number of hydrogen-bond donors (Lipinski definition) is 0. The summed E-state index contributed by atoms with van der Waals surface area (Å²) in [5.74, 6) is -2.10. The molecule has 0 spiro atoms. The van der Waals surface area contributed by atoms with Crippen molar-refractivity contribution in [1.29, 1.82) is 0 Å². The highest BCUT2D eigenvalue weighted by molar-refractivity contribution is 6.01. The van der Waals surface area contributed by atoms with E-state index in [4.69, 9.17) is 14.3 Å². The number of hydrogen-bond acceptors (Lipinski definition) is 7. The van der Waals surface area contributed by atoms with Crippen LogP contribution < -0.4 is 0 Å². The molecule has 0 aliphatic carbocycles. The molecule has 0 aromatic rings. The van der Waals surface area contributed by atoms with Gasteiger partial charge in [0.1, 0.15) is 11.3 Å². The zero-order chi connectivity index (χ0) is 18.3. The summed E-state index contributed by atoms with van der Waals surface area (Å²) in [6, 6.07) is -1.11. The summed E-state index contributed by atoms with van der Waals surface area (Å²) in [6.45, 7) is 8.19. The highest BCUT2D eigenvalue weighted by Gasteiger charge is 2.50. The molecular weight excluding hydrogens is 320 g/mol. The molecule has 1 atom stereocenters. The quantitative estimate of drug-likeness (QED) is 0.689. The van der Waals surface area contributed by atoms with Crippen molar-refractivity contribution >= 4 is 23.9 Å². The molecule has 2 fully saturated rings. The van der Waals surface area contributed by atoms with Gasteiger partial charge in [0.25, 0.3) is 11.8 Å². The van der Waals surface area contributed by atoms with Crippen LogP contribution in [0.3, 0.4) is 0 Å². The molecule has 134 valence electrons. The summed E-state index contributed by atoms with van der Waals surface area (Å²) in [4.78, 5) is 53.9. The van der Waals surface area contributed by atoms with Crippen LogP contribution in [0, 0.1) is 0 Å². The Morgan fingerprint density at radius 1 is 1.17 bits per heavy atom. The van der Waals surface area contributed by atoms with Gasteiger partial charge in [-0.15, -0.1) is 5.06 Å². The van der Waals surface area contributed by atoms with Crippen molar-refractivity contribution in [2.75, 3.05) is 6.61 Å². The van der Waals surface area contributed by atoms with Crippen LogP contribution in [-0.4, -0.2) is 57.8 Å². The van der Waals surface area contributed by atoms with Crippen molar-refractivity contribution in [3.05, 3.63) is 0 Å². The predicted octanol–water partition coefficient (Wildman–Crippen LogP) is 0.966. The van der Waals surface area contributed by atoms with Gasteiger partial charge in [0.15, 0.2) is 6.04 Å². The lowest BCUT2D eigenvalue weighted by Gasteiger charge is -2.34. The van der Waals surface area contributed by atoms with Crippen LogP contribution in [0.5, 0.6) is 0 Å². The molecule has 0 aromatic carbocycles. The molecular formula is C15H22N2O7. The summed E-state index contributed by atoms with van der Waals surface area (Å²) in [7, 11) is 0. The van der Waals surface area contributed by atoms with E-state index in [0.29, 0.717) is 5.06 Å². The fourth-order valence-corrected chi connectivity index (χ4v) is 2.44. The molecule has 24 heavy (non-hydrogen) atoms. The summed E-state index contributed by atoms with van der Waals surface area (Å²) in [5.41, 5.74) is -1.85. The standard InChI is InChI=1S/C15H22N2O7/c1-14(2,3)23-13(21)16-9(8-22-15(16,4)5)12(20)24-17-10(18)6-7-11(17)19/h9H,6-8H2,1-5H3/t9-/m0/s1. The minimum absolute atomic E-state index is 0.00540. The van der Waals surface area contributed by atoms with Crippen molar-refractivity contribution in [2.45, 2.75) is 64.8 Å². The van der Waals surface area contributed by atoms with Crippen molar-refractivity contribution in [3.63, 3.8) is 0 Å². The second-order valence-corrected chi connectivity index (χ2v) is 7.12. The molecule has 0 bridgehead atoms. The molecule has 9 heteroatoms. The number of carbonyl (C=O) groups excluding carboxylic acids is 4. The first kappa shape index (κ1) is 18.2. The minimum atomic E-state index is -1.11. The Labute approximate surface area is 139 Å². The number of hydroxylamine groups is 2. The summed E-state index contributed by atoms with van der Waals surface area (Å²) < 4.78 is 10.8. The maximum absolute atomic E-state index is 12.4. The third kappa shape index (κ3) is 3.66. The molecule has 2 saturated heterocycles. The summed E-state index contributed by atoms with van der Waals surface area (Å²) >= 11 is 0. The van der Waals surface area contributed by atoms with E-state index in [-0.39, 0.29) is 19.4 Å². The third-order valence-electron chi connectivity index (χ3n) is 3.54. The largest absolute Gasteiger partial charge is 0.444 e. The van der Waals surface area contributed by atoms with Crippen LogP contribution in [-0.2, 0) is 28.7 Å². The lowest BCUT2D eigenvalue weighted by Crippen LogP contribution is -2.53. The Balaban J connectivity index is 2.15. The van der Waals surface area contributed by atoms with Gasteiger partial charge in [0.2, 0.25) is 0 Å². The smallest absolute Gasteiger partial charge is 0.413 e. The van der Waals surface area contributed by atoms with E-state index in [1.807, 2.05) is 0 Å². The first-order valence-corrected chi connectivity index (χ1v) is 7.66. The van der Waals surface area contributed by atoms with Crippen molar-refractivity contribution in [1.82, 2.24) is 9.96 Å². The molecule has 2 aliphatic heterocycles.